The van der Waals surface area contributed by atoms with Crippen LogP contribution in [-0.2, 0) is 20.5 Å². The standard InChI is InChI=1S/C16H19F3N4O6S/c1-14(2,3)29-13(28)21-15(11(26)27)4-5(6-7(8(6)15)9(24)25)30-12-20-10(22-23-12)16(17,18)19/h5-8H,4H2,1-3H3,(H,21,28)(H,24,25)(H,26,27)(H,20,22,23)/t5-,6?,7?,8?,15?/m1/s1. The average molecular weight is 452 g/mol. The van der Waals surface area contributed by atoms with E-state index in [2.05, 4.69) is 15.4 Å². The Labute approximate surface area is 172 Å². The van der Waals surface area contributed by atoms with Crippen LogP contribution in [0.15, 0.2) is 5.16 Å². The Morgan fingerprint density at radius 1 is 1.27 bits per heavy atom. The van der Waals surface area contributed by atoms with E-state index in [0.717, 1.165) is 11.8 Å². The first-order chi connectivity index (χ1) is 13.7. The van der Waals surface area contributed by atoms with Crippen LogP contribution in [0, 0.1) is 17.8 Å². The van der Waals surface area contributed by atoms with Crippen LogP contribution in [0.25, 0.3) is 0 Å². The molecule has 2 fully saturated rings. The smallest absolute Gasteiger partial charge is 0.451 e. The first kappa shape index (κ1) is 22.2. The Bertz CT molecular complexity index is 885. The Balaban J connectivity index is 1.85. The van der Waals surface area contributed by atoms with Crippen LogP contribution in [0.1, 0.15) is 33.0 Å². The number of hydrogen-bond donors (Lipinski definition) is 4. The fourth-order valence-corrected chi connectivity index (χ4v) is 5.28. The normalized spacial score (nSPS) is 30.5. The summed E-state index contributed by atoms with van der Waals surface area (Å²) in [7, 11) is 0. The quantitative estimate of drug-likeness (QED) is 0.525. The lowest BCUT2D eigenvalue weighted by molar-refractivity contribution is -0.147. The van der Waals surface area contributed by atoms with Gasteiger partial charge in [0.25, 0.3) is 0 Å². The number of alkyl carbamates (subject to hydrolysis) is 1. The first-order valence-corrected chi connectivity index (χ1v) is 9.67. The van der Waals surface area contributed by atoms with Crippen LogP contribution < -0.4 is 5.32 Å². The number of alkyl halides is 3. The molecule has 0 spiro atoms. The summed E-state index contributed by atoms with van der Waals surface area (Å²) in [6.07, 6.45) is -5.99. The third-order valence-corrected chi connectivity index (χ3v) is 6.15. The van der Waals surface area contributed by atoms with Crippen LogP contribution in [0.5, 0.6) is 0 Å². The van der Waals surface area contributed by atoms with E-state index < -0.39 is 64.2 Å². The summed E-state index contributed by atoms with van der Waals surface area (Å²) in [5, 5.41) is 25.8. The number of H-pyrrole nitrogens is 1. The maximum atomic E-state index is 12.7. The molecule has 10 nitrogen and oxygen atoms in total. The van der Waals surface area contributed by atoms with E-state index in [1.54, 1.807) is 25.9 Å². The van der Waals surface area contributed by atoms with E-state index in [0.29, 0.717) is 0 Å². The number of carbonyl (C=O) groups is 3. The Kier molecular flexibility index (Phi) is 5.20. The number of nitrogens with zero attached hydrogens (tertiary/aromatic N) is 2. The summed E-state index contributed by atoms with van der Waals surface area (Å²) in [6.45, 7) is 4.73. The molecule has 4 N–H and O–H groups in total. The minimum absolute atomic E-state index is 0.221. The predicted molar refractivity (Wildman–Crippen MR) is 93.5 cm³/mol. The second-order valence-corrected chi connectivity index (χ2v) is 9.40. The van der Waals surface area contributed by atoms with Gasteiger partial charge in [-0.1, -0.05) is 11.8 Å². The fraction of sp³-hybridized carbons (Fsp3) is 0.688. The molecule has 0 bridgehead atoms. The van der Waals surface area contributed by atoms with E-state index >= 15 is 0 Å². The van der Waals surface area contributed by atoms with Gasteiger partial charge in [-0.15, -0.1) is 5.10 Å². The number of carboxylic acid groups (broad SMARTS) is 2. The SMILES string of the molecule is CC(C)(C)OC(=O)NC1(C(=O)O)C[C@@H](Sc2n[nH]c(C(F)(F)F)n2)C2C(C(=O)O)C21. The van der Waals surface area contributed by atoms with Crippen molar-refractivity contribution >= 4 is 29.8 Å². The molecule has 0 radical (unpaired) electrons. The molecular formula is C16H19F3N4O6S. The van der Waals surface area contributed by atoms with Crippen molar-refractivity contribution in [1.82, 2.24) is 20.5 Å². The zero-order valence-corrected chi connectivity index (χ0v) is 16.8. The summed E-state index contributed by atoms with van der Waals surface area (Å²) in [5.74, 6) is -6.73. The highest BCUT2D eigenvalue weighted by atomic mass is 32.2. The number of fused-ring (bicyclic) bond motifs is 1. The zero-order valence-electron chi connectivity index (χ0n) is 16.0. The molecule has 1 heterocycles. The van der Waals surface area contributed by atoms with Gasteiger partial charge < -0.3 is 20.3 Å². The van der Waals surface area contributed by atoms with E-state index in [9.17, 15) is 37.8 Å². The summed E-state index contributed by atoms with van der Waals surface area (Å²) in [4.78, 5) is 39.3. The van der Waals surface area contributed by atoms with Crippen molar-refractivity contribution in [2.45, 2.75) is 54.9 Å². The van der Waals surface area contributed by atoms with Gasteiger partial charge in [-0.25, -0.2) is 9.59 Å². The number of hydrogen-bond acceptors (Lipinski definition) is 7. The summed E-state index contributed by atoms with van der Waals surface area (Å²) >= 11 is 0.747. The minimum Gasteiger partial charge on any atom is -0.481 e. The number of rotatable bonds is 5. The highest BCUT2D eigenvalue weighted by molar-refractivity contribution is 7.99. The number of aromatic amines is 1. The highest BCUT2D eigenvalue weighted by Gasteiger charge is 2.76. The Morgan fingerprint density at radius 3 is 2.37 bits per heavy atom. The van der Waals surface area contributed by atoms with Gasteiger partial charge >= 0.3 is 24.2 Å². The first-order valence-electron chi connectivity index (χ1n) is 8.79. The third-order valence-electron chi connectivity index (χ3n) is 4.98. The molecule has 14 heteroatoms. The second-order valence-electron chi connectivity index (χ2n) is 8.20. The fourth-order valence-electron chi connectivity index (χ4n) is 3.92. The number of carbonyl (C=O) groups excluding carboxylic acids is 1. The Morgan fingerprint density at radius 2 is 1.90 bits per heavy atom. The Hall–Kier alpha value is -2.51. The van der Waals surface area contributed by atoms with E-state index in [1.165, 1.54) is 0 Å². The van der Waals surface area contributed by atoms with Crippen molar-refractivity contribution in [2.24, 2.45) is 17.8 Å². The summed E-state index contributed by atoms with van der Waals surface area (Å²) in [5.41, 5.74) is -2.85. The zero-order chi connectivity index (χ0) is 22.6. The number of nitrogens with one attached hydrogen (secondary N) is 2. The number of aromatic nitrogens is 3. The second kappa shape index (κ2) is 7.03. The van der Waals surface area contributed by atoms with E-state index in [1.807, 2.05) is 0 Å². The van der Waals surface area contributed by atoms with Crippen molar-refractivity contribution in [3.8, 4) is 0 Å². The molecule has 4 unspecified atom stereocenters. The molecule has 3 rings (SSSR count). The van der Waals surface area contributed by atoms with Crippen LogP contribution in [0.4, 0.5) is 18.0 Å². The number of carboxylic acids is 2. The van der Waals surface area contributed by atoms with Crippen molar-refractivity contribution in [3.63, 3.8) is 0 Å². The lowest BCUT2D eigenvalue weighted by Crippen LogP contribution is -2.57. The summed E-state index contributed by atoms with van der Waals surface area (Å²) in [6, 6.07) is 0. The van der Waals surface area contributed by atoms with Gasteiger partial charge in [0.15, 0.2) is 0 Å². The van der Waals surface area contributed by atoms with Crippen LogP contribution in [0.3, 0.4) is 0 Å². The van der Waals surface area contributed by atoms with Crippen molar-refractivity contribution in [3.05, 3.63) is 5.82 Å². The van der Waals surface area contributed by atoms with Crippen molar-refractivity contribution in [2.75, 3.05) is 0 Å². The number of aliphatic carboxylic acids is 2. The topological polar surface area (TPSA) is 154 Å². The predicted octanol–water partition coefficient (Wildman–Crippen LogP) is 1.98. The molecular weight excluding hydrogens is 433 g/mol. The molecule has 1 aromatic rings. The largest absolute Gasteiger partial charge is 0.481 e. The van der Waals surface area contributed by atoms with Gasteiger partial charge in [0.05, 0.1) is 5.92 Å². The lowest BCUT2D eigenvalue weighted by Gasteiger charge is -2.31. The van der Waals surface area contributed by atoms with Gasteiger partial charge in [0.2, 0.25) is 11.0 Å². The molecule has 5 atom stereocenters. The van der Waals surface area contributed by atoms with Crippen molar-refractivity contribution < 1.29 is 42.5 Å². The monoisotopic (exact) mass is 452 g/mol. The molecule has 2 aliphatic rings. The number of amides is 1. The van der Waals surface area contributed by atoms with Gasteiger partial charge in [0, 0.05) is 11.2 Å². The van der Waals surface area contributed by atoms with Crippen LogP contribution in [-0.4, -0.2) is 59.8 Å². The number of halogens is 3. The maximum Gasteiger partial charge on any atom is 0.451 e. The average Bonchev–Trinajstić information content (AvgIpc) is 2.99. The lowest BCUT2D eigenvalue weighted by atomic mass is 9.90. The van der Waals surface area contributed by atoms with Crippen LogP contribution >= 0.6 is 11.8 Å². The number of thioether (sulfide) groups is 1. The van der Waals surface area contributed by atoms with E-state index in [4.69, 9.17) is 4.74 Å². The van der Waals surface area contributed by atoms with Gasteiger partial charge in [-0.3, -0.25) is 9.89 Å². The van der Waals surface area contributed by atoms with Crippen LogP contribution in [0.2, 0.25) is 0 Å². The van der Waals surface area contributed by atoms with Gasteiger partial charge in [-0.05, 0) is 33.1 Å². The maximum absolute atomic E-state index is 12.7. The molecule has 0 aliphatic heterocycles. The minimum atomic E-state index is -4.74. The van der Waals surface area contributed by atoms with Gasteiger partial charge in [0.1, 0.15) is 11.1 Å². The molecule has 1 amide bonds. The van der Waals surface area contributed by atoms with Crippen molar-refractivity contribution in [1.29, 1.82) is 0 Å². The number of ether oxygens (including phenoxy) is 1. The van der Waals surface area contributed by atoms with E-state index in [-0.39, 0.29) is 11.6 Å². The molecule has 166 valence electrons. The molecule has 2 aliphatic carbocycles. The molecule has 30 heavy (non-hydrogen) atoms. The summed E-state index contributed by atoms with van der Waals surface area (Å²) < 4.78 is 43.3. The third kappa shape index (κ3) is 4.04. The molecule has 0 aromatic carbocycles. The molecule has 1 aromatic heterocycles. The highest BCUT2D eigenvalue weighted by Crippen LogP contribution is 2.66. The molecule has 0 saturated heterocycles. The molecule has 2 saturated carbocycles. The van der Waals surface area contributed by atoms with Gasteiger partial charge in [-0.2, -0.15) is 18.2 Å².